The number of unbranched alkanes of at least 4 members (excludes halogenated alkanes) is 10. The van der Waals surface area contributed by atoms with Crippen molar-refractivity contribution in [3.63, 3.8) is 0 Å². The fourth-order valence-corrected chi connectivity index (χ4v) is 10.9. The van der Waals surface area contributed by atoms with E-state index in [1.54, 1.807) is 0 Å². The van der Waals surface area contributed by atoms with Gasteiger partial charge in [-0.3, -0.25) is 0 Å². The molecule has 9 aromatic rings. The minimum atomic E-state index is -0.585. The molecule has 0 aliphatic rings. The molecule has 0 N–H and O–H groups in total. The van der Waals surface area contributed by atoms with Gasteiger partial charge in [0.25, 0.3) is 0 Å². The van der Waals surface area contributed by atoms with Crippen LogP contribution >= 0.6 is 0 Å². The monoisotopic (exact) mass is 1010 g/mol. The molecule has 0 amide bonds. The van der Waals surface area contributed by atoms with Gasteiger partial charge in [-0.1, -0.05) is 197 Å². The Bertz CT molecular complexity index is 2990. The Morgan fingerprint density at radius 1 is 0.382 bits per heavy atom. The summed E-state index contributed by atoms with van der Waals surface area (Å²) in [5.41, 5.74) is 16.8. The van der Waals surface area contributed by atoms with Crippen molar-refractivity contribution in [2.45, 2.75) is 144 Å². The molecule has 0 fully saturated rings. The number of ether oxygens (including phenoxy) is 1. The Hall–Kier alpha value is -7.37. The standard InChI is InChI=1S/C71H79N3O2/c1-8-10-12-14-16-18-48-71(7,49-19-17-15-13-11-9-2)76-70(75)74-68-50-58(56-28-42-64(43-29-56)72(60-34-20-52(3)21-35-60)61-36-22-53(4)23-37-61)32-46-66(68)67-47-33-59(51-69(67)74)57-30-44-65(45-31-57)73(62-38-24-54(5)25-39-62)63-40-26-55(6)27-41-63/h20-47,50-51H,8-19,48-49H2,1-7H3. The summed E-state index contributed by atoms with van der Waals surface area (Å²) in [7, 11) is 0. The van der Waals surface area contributed by atoms with Crippen LogP contribution in [0, 0.1) is 27.7 Å². The molecule has 0 spiro atoms. The van der Waals surface area contributed by atoms with Gasteiger partial charge in [0, 0.05) is 44.9 Å². The largest absolute Gasteiger partial charge is 0.443 e. The summed E-state index contributed by atoms with van der Waals surface area (Å²) < 4.78 is 8.82. The first-order valence-electron chi connectivity index (χ1n) is 28.4. The van der Waals surface area contributed by atoms with E-state index in [2.05, 4.69) is 240 Å². The second-order valence-electron chi connectivity index (χ2n) is 21.8. The number of benzene rings is 8. The smallest absolute Gasteiger partial charge is 0.419 e. The molecule has 5 heteroatoms. The zero-order valence-electron chi connectivity index (χ0n) is 46.4. The minimum Gasteiger partial charge on any atom is -0.443 e. The lowest BCUT2D eigenvalue weighted by Crippen LogP contribution is -2.33. The Morgan fingerprint density at radius 2 is 0.658 bits per heavy atom. The quantitative estimate of drug-likeness (QED) is 0.0599. The molecule has 390 valence electrons. The molecular formula is C71H79N3O2. The van der Waals surface area contributed by atoms with Crippen molar-refractivity contribution >= 4 is 62.0 Å². The Kier molecular flexibility index (Phi) is 17.6. The molecule has 9 rings (SSSR count). The first-order chi connectivity index (χ1) is 37.0. The molecule has 0 atom stereocenters. The zero-order valence-corrected chi connectivity index (χ0v) is 46.4. The van der Waals surface area contributed by atoms with Crippen LogP contribution in [0.4, 0.5) is 38.9 Å². The average molecular weight is 1010 g/mol. The summed E-state index contributed by atoms with van der Waals surface area (Å²) in [4.78, 5) is 20.0. The first-order valence-corrected chi connectivity index (χ1v) is 28.4. The predicted molar refractivity (Wildman–Crippen MR) is 325 cm³/mol. The Labute approximate surface area is 454 Å². The van der Waals surface area contributed by atoms with Crippen LogP contribution < -0.4 is 9.80 Å². The van der Waals surface area contributed by atoms with Crippen LogP contribution in [0.1, 0.15) is 133 Å². The summed E-state index contributed by atoms with van der Waals surface area (Å²) in [6.07, 6.45) is 15.8. The second kappa shape index (κ2) is 25.0. The Balaban J connectivity index is 1.10. The maximum Gasteiger partial charge on any atom is 0.419 e. The van der Waals surface area contributed by atoms with Gasteiger partial charge in [0.1, 0.15) is 5.60 Å². The topological polar surface area (TPSA) is 37.7 Å². The van der Waals surface area contributed by atoms with E-state index in [-0.39, 0.29) is 6.09 Å². The normalized spacial score (nSPS) is 11.6. The summed E-state index contributed by atoms with van der Waals surface area (Å²) in [6, 6.07) is 65.7. The number of fused-ring (bicyclic) bond motifs is 3. The molecule has 0 bridgehead atoms. The number of carbonyl (C=O) groups is 1. The number of nitrogens with zero attached hydrogens (tertiary/aromatic N) is 3. The number of rotatable bonds is 23. The van der Waals surface area contributed by atoms with E-state index in [0.717, 1.165) is 117 Å². The maximum atomic E-state index is 15.4. The van der Waals surface area contributed by atoms with Crippen LogP contribution in [-0.2, 0) is 4.74 Å². The van der Waals surface area contributed by atoms with Crippen molar-refractivity contribution in [1.29, 1.82) is 0 Å². The molecule has 0 saturated heterocycles. The first kappa shape index (κ1) is 53.5. The van der Waals surface area contributed by atoms with Gasteiger partial charge in [0.2, 0.25) is 0 Å². The Morgan fingerprint density at radius 3 is 0.974 bits per heavy atom. The molecule has 0 aliphatic carbocycles. The summed E-state index contributed by atoms with van der Waals surface area (Å²) in [6.45, 7) is 15.2. The lowest BCUT2D eigenvalue weighted by Gasteiger charge is -2.30. The highest BCUT2D eigenvalue weighted by Crippen LogP contribution is 2.41. The number of hydrogen-bond donors (Lipinski definition) is 0. The van der Waals surface area contributed by atoms with Crippen molar-refractivity contribution in [2.75, 3.05) is 9.80 Å². The highest BCUT2D eigenvalue weighted by Gasteiger charge is 2.31. The lowest BCUT2D eigenvalue weighted by molar-refractivity contribution is 0.0101. The molecule has 0 saturated carbocycles. The molecular weight excluding hydrogens is 927 g/mol. The van der Waals surface area contributed by atoms with Crippen molar-refractivity contribution < 1.29 is 9.53 Å². The average Bonchev–Trinajstić information content (AvgIpc) is 3.78. The molecule has 76 heavy (non-hydrogen) atoms. The summed E-state index contributed by atoms with van der Waals surface area (Å²) >= 11 is 0. The van der Waals surface area contributed by atoms with Gasteiger partial charge in [0.15, 0.2) is 0 Å². The fourth-order valence-electron chi connectivity index (χ4n) is 10.9. The minimum absolute atomic E-state index is 0.307. The van der Waals surface area contributed by atoms with E-state index >= 15 is 4.79 Å². The molecule has 1 heterocycles. The van der Waals surface area contributed by atoms with Crippen LogP contribution in [0.5, 0.6) is 0 Å². The van der Waals surface area contributed by atoms with Crippen molar-refractivity contribution in [3.8, 4) is 22.3 Å². The van der Waals surface area contributed by atoms with Gasteiger partial charge in [-0.25, -0.2) is 9.36 Å². The highest BCUT2D eigenvalue weighted by atomic mass is 16.6. The van der Waals surface area contributed by atoms with Crippen LogP contribution in [0.15, 0.2) is 182 Å². The summed E-state index contributed by atoms with van der Waals surface area (Å²) in [5, 5.41) is 2.05. The maximum absolute atomic E-state index is 15.4. The van der Waals surface area contributed by atoms with Crippen LogP contribution in [-0.4, -0.2) is 16.3 Å². The number of aromatic nitrogens is 1. The van der Waals surface area contributed by atoms with Crippen molar-refractivity contribution in [1.82, 2.24) is 4.57 Å². The van der Waals surface area contributed by atoms with Gasteiger partial charge < -0.3 is 14.5 Å². The van der Waals surface area contributed by atoms with Crippen molar-refractivity contribution in [2.24, 2.45) is 0 Å². The zero-order chi connectivity index (χ0) is 53.0. The predicted octanol–water partition coefficient (Wildman–Crippen LogP) is 21.5. The van der Waals surface area contributed by atoms with Crippen molar-refractivity contribution in [3.05, 3.63) is 204 Å². The number of hydrogen-bond acceptors (Lipinski definition) is 4. The molecule has 1 aromatic heterocycles. The molecule has 0 unspecified atom stereocenters. The third kappa shape index (κ3) is 12.8. The van der Waals surface area contributed by atoms with E-state index < -0.39 is 5.60 Å². The molecule has 0 aliphatic heterocycles. The van der Waals surface area contributed by atoms with E-state index in [1.807, 2.05) is 4.57 Å². The van der Waals surface area contributed by atoms with E-state index in [1.165, 1.54) is 73.6 Å². The van der Waals surface area contributed by atoms with Gasteiger partial charge in [-0.2, -0.15) is 0 Å². The third-order valence-electron chi connectivity index (χ3n) is 15.5. The van der Waals surface area contributed by atoms with E-state index in [4.69, 9.17) is 4.74 Å². The van der Waals surface area contributed by atoms with Crippen LogP contribution in [0.3, 0.4) is 0 Å². The van der Waals surface area contributed by atoms with Crippen LogP contribution in [0.25, 0.3) is 44.1 Å². The molecule has 5 nitrogen and oxygen atoms in total. The van der Waals surface area contributed by atoms with Gasteiger partial charge in [-0.05, 0) is 167 Å². The summed E-state index contributed by atoms with van der Waals surface area (Å²) in [5.74, 6) is 0. The van der Waals surface area contributed by atoms with Gasteiger partial charge >= 0.3 is 6.09 Å². The van der Waals surface area contributed by atoms with E-state index in [9.17, 15) is 0 Å². The highest BCUT2D eigenvalue weighted by molar-refractivity contribution is 6.14. The molecule has 0 radical (unpaired) electrons. The number of aryl methyl sites for hydroxylation is 4. The van der Waals surface area contributed by atoms with E-state index in [0.29, 0.717) is 0 Å². The van der Waals surface area contributed by atoms with Gasteiger partial charge in [-0.15, -0.1) is 0 Å². The van der Waals surface area contributed by atoms with Gasteiger partial charge in [0.05, 0.1) is 11.0 Å². The van der Waals surface area contributed by atoms with Crippen LogP contribution in [0.2, 0.25) is 0 Å². The SMILES string of the molecule is CCCCCCCCC(C)(CCCCCCCC)OC(=O)n1c2cc(-c3ccc(N(c4ccc(C)cc4)c4ccc(C)cc4)cc3)ccc2c2ccc(-c3ccc(N(c4ccc(C)cc4)c4ccc(C)cc4)cc3)cc21. The third-order valence-corrected chi connectivity index (χ3v) is 15.5. The molecule has 8 aromatic carbocycles. The second-order valence-corrected chi connectivity index (χ2v) is 21.8. The number of anilines is 6. The fraction of sp³-hybridized carbons (Fsp3) is 0.310. The number of carbonyl (C=O) groups excluding carboxylic acids is 1. The lowest BCUT2D eigenvalue weighted by atomic mass is 9.91.